The predicted octanol–water partition coefficient (Wildman–Crippen LogP) is 0.236. The summed E-state index contributed by atoms with van der Waals surface area (Å²) in [5.74, 6) is 4.73. The molecule has 0 radical (unpaired) electrons. The molecular weight excluding hydrogens is 192 g/mol. The van der Waals surface area contributed by atoms with E-state index >= 15 is 0 Å². The maximum atomic E-state index is 11.2. The molecule has 3 N–H and O–H groups in total. The van der Waals surface area contributed by atoms with Crippen LogP contribution in [0.2, 0.25) is 0 Å². The minimum atomic E-state index is -0.169. The monoisotopic (exact) mass is 212 g/mol. The molecule has 0 heterocycles. The number of nitrogens with one attached hydrogen (secondary N) is 1. The van der Waals surface area contributed by atoms with Crippen LogP contribution in [0, 0.1) is 17.2 Å². The summed E-state index contributed by atoms with van der Waals surface area (Å²) in [6.45, 7) is 7.23. The van der Waals surface area contributed by atoms with Crippen molar-refractivity contribution < 1.29 is 4.79 Å². The van der Waals surface area contributed by atoms with Crippen molar-refractivity contribution in [3.63, 3.8) is 0 Å². The van der Waals surface area contributed by atoms with Gasteiger partial charge in [-0.25, -0.2) is 5.84 Å². The number of hydrazine groups is 1. The summed E-state index contributed by atoms with van der Waals surface area (Å²) in [6, 6.07) is 2.43. The fourth-order valence-corrected chi connectivity index (χ4v) is 1.33. The normalized spacial score (nSPS) is 12.6. The molecule has 0 spiro atoms. The van der Waals surface area contributed by atoms with Crippen molar-refractivity contribution in [2.45, 2.75) is 33.2 Å². The average molecular weight is 212 g/mol. The van der Waals surface area contributed by atoms with Crippen LogP contribution in [0.25, 0.3) is 0 Å². The van der Waals surface area contributed by atoms with Crippen molar-refractivity contribution in [2.24, 2.45) is 11.8 Å². The Labute approximate surface area is 91.2 Å². The van der Waals surface area contributed by atoms with E-state index in [-0.39, 0.29) is 11.8 Å². The van der Waals surface area contributed by atoms with Gasteiger partial charge in [-0.05, 0) is 13.8 Å². The number of hydrogen-bond donors (Lipinski definition) is 2. The molecule has 1 atom stereocenters. The largest absolute Gasteiger partial charge is 0.299 e. The smallest absolute Gasteiger partial charge is 0.237 e. The Morgan fingerprint density at radius 2 is 2.13 bits per heavy atom. The zero-order valence-corrected chi connectivity index (χ0v) is 9.66. The first kappa shape index (κ1) is 13.9. The number of carbonyl (C=O) groups excluding carboxylic acids is 1. The summed E-state index contributed by atoms with van der Waals surface area (Å²) in [4.78, 5) is 13.3. The summed E-state index contributed by atoms with van der Waals surface area (Å²) < 4.78 is 0. The fraction of sp³-hybridized carbons (Fsp3) is 0.800. The summed E-state index contributed by atoms with van der Waals surface area (Å²) in [6.07, 6.45) is 0.481. The van der Waals surface area contributed by atoms with Gasteiger partial charge in [-0.2, -0.15) is 5.26 Å². The topological polar surface area (TPSA) is 82.2 Å². The van der Waals surface area contributed by atoms with Crippen molar-refractivity contribution in [3.8, 4) is 6.07 Å². The molecule has 1 unspecified atom stereocenters. The highest BCUT2D eigenvalue weighted by atomic mass is 16.2. The first-order valence-electron chi connectivity index (χ1n) is 5.14. The second-order valence-electron chi connectivity index (χ2n) is 3.91. The molecule has 5 nitrogen and oxygen atoms in total. The van der Waals surface area contributed by atoms with Gasteiger partial charge in [0.15, 0.2) is 0 Å². The maximum Gasteiger partial charge on any atom is 0.237 e. The van der Waals surface area contributed by atoms with Gasteiger partial charge < -0.3 is 0 Å². The molecule has 0 fully saturated rings. The zero-order chi connectivity index (χ0) is 11.8. The molecule has 15 heavy (non-hydrogen) atoms. The number of amides is 1. The van der Waals surface area contributed by atoms with Gasteiger partial charge in [0.05, 0.1) is 6.07 Å². The van der Waals surface area contributed by atoms with Gasteiger partial charge in [-0.3, -0.25) is 15.1 Å². The standard InChI is InChI=1S/C10H20N4O/c1-8(2)14(6-4-5-11)7-9(3)10(15)13-12/h8-9H,4,6-7,12H2,1-3H3,(H,13,15). The molecule has 86 valence electrons. The third kappa shape index (κ3) is 5.35. The van der Waals surface area contributed by atoms with Gasteiger partial charge in [-0.15, -0.1) is 0 Å². The Morgan fingerprint density at radius 1 is 1.53 bits per heavy atom. The number of nitrogens with two attached hydrogens (primary N) is 1. The average Bonchev–Trinajstić information content (AvgIpc) is 2.22. The minimum Gasteiger partial charge on any atom is -0.299 e. The van der Waals surface area contributed by atoms with Crippen LogP contribution in [0.5, 0.6) is 0 Å². The van der Waals surface area contributed by atoms with Gasteiger partial charge >= 0.3 is 0 Å². The van der Waals surface area contributed by atoms with E-state index in [1.165, 1.54) is 0 Å². The van der Waals surface area contributed by atoms with Gasteiger partial charge in [0.25, 0.3) is 0 Å². The van der Waals surface area contributed by atoms with E-state index in [1.54, 1.807) is 0 Å². The van der Waals surface area contributed by atoms with E-state index in [2.05, 4.69) is 16.4 Å². The molecule has 0 aromatic carbocycles. The molecule has 0 aromatic rings. The third-order valence-corrected chi connectivity index (χ3v) is 2.34. The number of carbonyl (C=O) groups is 1. The molecule has 0 aliphatic heterocycles. The van der Waals surface area contributed by atoms with E-state index in [9.17, 15) is 4.79 Å². The molecule has 0 aliphatic rings. The van der Waals surface area contributed by atoms with Gasteiger partial charge in [0, 0.05) is 31.5 Å². The lowest BCUT2D eigenvalue weighted by atomic mass is 10.1. The molecule has 5 heteroatoms. The molecular formula is C10H20N4O. The number of rotatable bonds is 6. The number of nitrogens with zero attached hydrogens (tertiary/aromatic N) is 2. The number of hydrogen-bond acceptors (Lipinski definition) is 4. The van der Waals surface area contributed by atoms with Crippen molar-refractivity contribution in [2.75, 3.05) is 13.1 Å². The van der Waals surface area contributed by atoms with E-state index in [0.717, 1.165) is 0 Å². The van der Waals surface area contributed by atoms with Crippen LogP contribution in [0.3, 0.4) is 0 Å². The lowest BCUT2D eigenvalue weighted by Crippen LogP contribution is -2.42. The number of nitriles is 1. The second-order valence-corrected chi connectivity index (χ2v) is 3.91. The first-order valence-corrected chi connectivity index (χ1v) is 5.14. The van der Waals surface area contributed by atoms with Crippen LogP contribution in [0.15, 0.2) is 0 Å². The van der Waals surface area contributed by atoms with Gasteiger partial charge in [0.2, 0.25) is 5.91 Å². The highest BCUT2D eigenvalue weighted by Crippen LogP contribution is 2.05. The van der Waals surface area contributed by atoms with Gasteiger partial charge in [0.1, 0.15) is 0 Å². The van der Waals surface area contributed by atoms with Crippen LogP contribution < -0.4 is 11.3 Å². The van der Waals surface area contributed by atoms with Crippen molar-refractivity contribution in [1.29, 1.82) is 5.26 Å². The van der Waals surface area contributed by atoms with Crippen molar-refractivity contribution in [3.05, 3.63) is 0 Å². The Hall–Kier alpha value is -1.12. The van der Waals surface area contributed by atoms with Crippen molar-refractivity contribution >= 4 is 5.91 Å². The van der Waals surface area contributed by atoms with Crippen LogP contribution >= 0.6 is 0 Å². The van der Waals surface area contributed by atoms with E-state index in [1.807, 2.05) is 20.8 Å². The molecule has 0 saturated carbocycles. The van der Waals surface area contributed by atoms with Gasteiger partial charge in [-0.1, -0.05) is 6.92 Å². The Balaban J connectivity index is 4.16. The summed E-state index contributed by atoms with van der Waals surface area (Å²) >= 11 is 0. The summed E-state index contributed by atoms with van der Waals surface area (Å²) in [5.41, 5.74) is 2.13. The van der Waals surface area contributed by atoms with Crippen LogP contribution in [-0.4, -0.2) is 29.9 Å². The highest BCUT2D eigenvalue weighted by Gasteiger charge is 2.17. The van der Waals surface area contributed by atoms with E-state index < -0.39 is 0 Å². The maximum absolute atomic E-state index is 11.2. The highest BCUT2D eigenvalue weighted by molar-refractivity contribution is 5.77. The Kier molecular flexibility index (Phi) is 6.67. The van der Waals surface area contributed by atoms with E-state index in [0.29, 0.717) is 25.6 Å². The van der Waals surface area contributed by atoms with Crippen LogP contribution in [0.4, 0.5) is 0 Å². The second kappa shape index (κ2) is 7.21. The molecule has 0 bridgehead atoms. The van der Waals surface area contributed by atoms with E-state index in [4.69, 9.17) is 11.1 Å². The predicted molar refractivity (Wildman–Crippen MR) is 58.4 cm³/mol. The van der Waals surface area contributed by atoms with Crippen molar-refractivity contribution in [1.82, 2.24) is 10.3 Å². The lowest BCUT2D eigenvalue weighted by molar-refractivity contribution is -0.125. The quantitative estimate of drug-likeness (QED) is 0.375. The Bertz CT molecular complexity index is 234. The molecule has 0 aromatic heterocycles. The van der Waals surface area contributed by atoms with Crippen LogP contribution in [0.1, 0.15) is 27.2 Å². The zero-order valence-electron chi connectivity index (χ0n) is 9.66. The summed E-state index contributed by atoms with van der Waals surface area (Å²) in [5, 5.41) is 8.51. The first-order chi connectivity index (χ1) is 7.02. The molecule has 1 amide bonds. The molecule has 0 rings (SSSR count). The SMILES string of the molecule is CC(CN(CCC#N)C(C)C)C(=O)NN. The minimum absolute atomic E-state index is 0.156. The summed E-state index contributed by atoms with van der Waals surface area (Å²) in [7, 11) is 0. The molecule has 0 saturated heterocycles. The van der Waals surface area contributed by atoms with Crippen LogP contribution in [-0.2, 0) is 4.79 Å². The third-order valence-electron chi connectivity index (χ3n) is 2.34. The lowest BCUT2D eigenvalue weighted by Gasteiger charge is -2.27. The fourth-order valence-electron chi connectivity index (χ4n) is 1.33. The Morgan fingerprint density at radius 3 is 2.53 bits per heavy atom. The molecule has 0 aliphatic carbocycles.